The Labute approximate surface area is 109 Å². The minimum atomic E-state index is -0.946. The molecule has 1 rings (SSSR count). The van der Waals surface area contributed by atoms with Crippen LogP contribution in [0.25, 0.3) is 0 Å². The first-order chi connectivity index (χ1) is 8.32. The first-order valence-electron chi connectivity index (χ1n) is 5.20. The lowest BCUT2D eigenvalue weighted by Crippen LogP contribution is -2.28. The van der Waals surface area contributed by atoms with Crippen LogP contribution >= 0.6 is 11.6 Å². The lowest BCUT2D eigenvalue weighted by atomic mass is 10.1. The molecule has 0 aliphatic rings. The summed E-state index contributed by atoms with van der Waals surface area (Å²) in [6.07, 6.45) is 0. The molecule has 18 heavy (non-hydrogen) atoms. The van der Waals surface area contributed by atoms with Gasteiger partial charge in [0, 0.05) is 24.7 Å². The molecule has 0 amide bonds. The molecule has 1 atom stereocenters. The van der Waals surface area contributed by atoms with E-state index in [-0.39, 0.29) is 17.3 Å². The molecule has 0 heterocycles. The van der Waals surface area contributed by atoms with Crippen LogP contribution in [0.2, 0.25) is 5.02 Å². The van der Waals surface area contributed by atoms with E-state index in [1.807, 2.05) is 0 Å². The molecule has 1 aromatic carbocycles. The Morgan fingerprint density at radius 1 is 1.61 bits per heavy atom. The second kappa shape index (κ2) is 5.68. The van der Waals surface area contributed by atoms with Crippen molar-refractivity contribution in [3.05, 3.63) is 33.3 Å². The fourth-order valence-corrected chi connectivity index (χ4v) is 1.72. The topological polar surface area (TPSA) is 83.7 Å². The van der Waals surface area contributed by atoms with Crippen LogP contribution in [0.1, 0.15) is 6.92 Å². The highest BCUT2D eigenvalue weighted by atomic mass is 35.5. The predicted molar refractivity (Wildman–Crippen MR) is 68.2 cm³/mol. The van der Waals surface area contributed by atoms with Crippen molar-refractivity contribution in [3.63, 3.8) is 0 Å². The molecular weight excluding hydrogens is 260 g/mol. The molecule has 6 nitrogen and oxygen atoms in total. The zero-order chi connectivity index (χ0) is 13.9. The SMILES string of the molecule is CC(CN(C)c1ccc(Cl)cc1[N+](=O)[O-])C(=O)O. The van der Waals surface area contributed by atoms with E-state index in [2.05, 4.69) is 0 Å². The van der Waals surface area contributed by atoms with Crippen LogP contribution in [0, 0.1) is 16.0 Å². The van der Waals surface area contributed by atoms with E-state index >= 15 is 0 Å². The average molecular weight is 273 g/mol. The fraction of sp³-hybridized carbons (Fsp3) is 0.364. The van der Waals surface area contributed by atoms with Crippen molar-refractivity contribution >= 4 is 28.9 Å². The number of nitro groups is 1. The molecule has 0 spiro atoms. The van der Waals surface area contributed by atoms with Gasteiger partial charge in [-0.05, 0) is 12.1 Å². The van der Waals surface area contributed by atoms with Crippen LogP contribution in [-0.2, 0) is 4.79 Å². The Morgan fingerprint density at radius 2 is 2.22 bits per heavy atom. The lowest BCUT2D eigenvalue weighted by molar-refractivity contribution is -0.384. The maximum Gasteiger partial charge on any atom is 0.308 e. The van der Waals surface area contributed by atoms with Crippen molar-refractivity contribution in [3.8, 4) is 0 Å². The van der Waals surface area contributed by atoms with Gasteiger partial charge in [-0.3, -0.25) is 14.9 Å². The van der Waals surface area contributed by atoms with Crippen molar-refractivity contribution in [2.45, 2.75) is 6.92 Å². The van der Waals surface area contributed by atoms with Gasteiger partial charge < -0.3 is 10.0 Å². The van der Waals surface area contributed by atoms with Crippen molar-refractivity contribution in [1.82, 2.24) is 0 Å². The summed E-state index contributed by atoms with van der Waals surface area (Å²) < 4.78 is 0. The summed E-state index contributed by atoms with van der Waals surface area (Å²) in [4.78, 5) is 22.7. The van der Waals surface area contributed by atoms with E-state index in [4.69, 9.17) is 16.7 Å². The number of carboxylic acid groups (broad SMARTS) is 1. The van der Waals surface area contributed by atoms with E-state index in [1.54, 1.807) is 14.0 Å². The van der Waals surface area contributed by atoms with E-state index in [9.17, 15) is 14.9 Å². The van der Waals surface area contributed by atoms with Gasteiger partial charge in [0.1, 0.15) is 5.69 Å². The molecule has 1 N–H and O–H groups in total. The number of rotatable bonds is 5. The number of aliphatic carboxylic acids is 1. The molecule has 98 valence electrons. The summed E-state index contributed by atoms with van der Waals surface area (Å²) in [6, 6.07) is 4.29. The smallest absolute Gasteiger partial charge is 0.308 e. The van der Waals surface area contributed by atoms with Crippen LogP contribution in [0.3, 0.4) is 0 Å². The van der Waals surface area contributed by atoms with Gasteiger partial charge in [0.2, 0.25) is 0 Å². The lowest BCUT2D eigenvalue weighted by Gasteiger charge is -2.21. The third-order valence-electron chi connectivity index (χ3n) is 2.51. The molecule has 0 saturated carbocycles. The van der Waals surface area contributed by atoms with E-state index in [0.29, 0.717) is 5.69 Å². The zero-order valence-corrected chi connectivity index (χ0v) is 10.7. The molecule has 1 aromatic rings. The standard InChI is InChI=1S/C11H13ClN2O4/c1-7(11(15)16)6-13(2)9-4-3-8(12)5-10(9)14(17)18/h3-5,7H,6H2,1-2H3,(H,15,16). The number of benzene rings is 1. The summed E-state index contributed by atoms with van der Waals surface area (Å²) in [5.74, 6) is -1.57. The molecular formula is C11H13ClN2O4. The van der Waals surface area contributed by atoms with Crippen molar-refractivity contribution < 1.29 is 14.8 Å². The van der Waals surface area contributed by atoms with Crippen molar-refractivity contribution in [2.24, 2.45) is 5.92 Å². The molecule has 0 aromatic heterocycles. The molecule has 0 aliphatic heterocycles. The molecule has 0 aliphatic carbocycles. The number of nitrogens with zero attached hydrogens (tertiary/aromatic N) is 2. The van der Waals surface area contributed by atoms with E-state index in [1.165, 1.54) is 23.1 Å². The maximum absolute atomic E-state index is 10.9. The summed E-state index contributed by atoms with van der Waals surface area (Å²) in [7, 11) is 1.61. The highest BCUT2D eigenvalue weighted by Gasteiger charge is 2.21. The first-order valence-corrected chi connectivity index (χ1v) is 5.58. The molecule has 7 heteroatoms. The molecule has 0 bridgehead atoms. The van der Waals surface area contributed by atoms with E-state index < -0.39 is 16.8 Å². The second-order valence-corrected chi connectivity index (χ2v) is 4.45. The minimum absolute atomic E-state index is 0.136. The molecule has 0 fully saturated rings. The summed E-state index contributed by atoms with van der Waals surface area (Å²) in [5, 5.41) is 20.0. The van der Waals surface area contributed by atoms with Gasteiger partial charge in [-0.25, -0.2) is 0 Å². The monoisotopic (exact) mass is 272 g/mol. The Hall–Kier alpha value is -1.82. The molecule has 0 saturated heterocycles. The third-order valence-corrected chi connectivity index (χ3v) is 2.75. The van der Waals surface area contributed by atoms with Gasteiger partial charge in [-0.15, -0.1) is 0 Å². The van der Waals surface area contributed by atoms with Gasteiger partial charge in [0.05, 0.1) is 10.8 Å². The number of carboxylic acids is 1. The number of nitro benzene ring substituents is 1. The number of hydrogen-bond donors (Lipinski definition) is 1. The van der Waals surface area contributed by atoms with Crippen LogP contribution < -0.4 is 4.90 Å². The zero-order valence-electron chi connectivity index (χ0n) is 9.96. The molecule has 0 radical (unpaired) electrons. The minimum Gasteiger partial charge on any atom is -0.481 e. The largest absolute Gasteiger partial charge is 0.481 e. The maximum atomic E-state index is 10.9. The number of carbonyl (C=O) groups is 1. The Morgan fingerprint density at radius 3 is 2.72 bits per heavy atom. The number of hydrogen-bond acceptors (Lipinski definition) is 4. The first kappa shape index (κ1) is 14.2. The van der Waals surface area contributed by atoms with Gasteiger partial charge in [-0.1, -0.05) is 18.5 Å². The summed E-state index contributed by atoms with van der Waals surface area (Å²) >= 11 is 5.70. The highest BCUT2D eigenvalue weighted by molar-refractivity contribution is 6.30. The van der Waals surface area contributed by atoms with Crippen LogP contribution in [0.15, 0.2) is 18.2 Å². The van der Waals surface area contributed by atoms with Crippen LogP contribution in [-0.4, -0.2) is 29.6 Å². The number of halogens is 1. The highest BCUT2D eigenvalue weighted by Crippen LogP contribution is 2.30. The van der Waals surface area contributed by atoms with Crippen molar-refractivity contribution in [1.29, 1.82) is 0 Å². The average Bonchev–Trinajstić information content (AvgIpc) is 2.28. The van der Waals surface area contributed by atoms with Gasteiger partial charge >= 0.3 is 5.97 Å². The van der Waals surface area contributed by atoms with Gasteiger partial charge in [0.25, 0.3) is 5.69 Å². The number of anilines is 1. The fourth-order valence-electron chi connectivity index (χ4n) is 1.55. The molecule has 1 unspecified atom stereocenters. The van der Waals surface area contributed by atoms with E-state index in [0.717, 1.165) is 0 Å². The second-order valence-electron chi connectivity index (χ2n) is 4.01. The Balaban J connectivity index is 3.01. The van der Waals surface area contributed by atoms with Gasteiger partial charge in [0.15, 0.2) is 0 Å². The van der Waals surface area contributed by atoms with Crippen LogP contribution in [0.5, 0.6) is 0 Å². The Bertz CT molecular complexity index is 478. The summed E-state index contributed by atoms with van der Waals surface area (Å²) in [6.45, 7) is 1.72. The normalized spacial score (nSPS) is 11.9. The quantitative estimate of drug-likeness (QED) is 0.657. The third kappa shape index (κ3) is 3.33. The predicted octanol–water partition coefficient (Wildman–Crippen LogP) is 2.41. The Kier molecular flexibility index (Phi) is 4.49. The van der Waals surface area contributed by atoms with Gasteiger partial charge in [-0.2, -0.15) is 0 Å². The van der Waals surface area contributed by atoms with Crippen molar-refractivity contribution in [2.75, 3.05) is 18.5 Å². The summed E-state index contributed by atoms with van der Waals surface area (Å²) in [5.41, 5.74) is 0.208. The van der Waals surface area contributed by atoms with Crippen LogP contribution in [0.4, 0.5) is 11.4 Å².